The molecule has 2 atom stereocenters. The SMILES string of the molecule is CCC1=Cc2c(-c3ccc(C4CCCCC4)cc3)ccc(C)c2[CH]1[Zr]([Cl])([Cl])([CH]1C(C)=Cc2c(-c3ccc(C4CCCCC4)cc3)ccc(C)c21)[SiH](C)C. The maximum absolute atomic E-state index is 8.78. The first-order chi connectivity index (χ1) is 25.5. The molecule has 0 radical (unpaired) electrons. The monoisotopic (exact) mass is 835 g/mol. The Hall–Kier alpha value is -1.96. The summed E-state index contributed by atoms with van der Waals surface area (Å²) in [6, 6.07) is 28.6. The molecule has 4 aromatic rings. The van der Waals surface area contributed by atoms with Crippen molar-refractivity contribution in [1.29, 1.82) is 0 Å². The van der Waals surface area contributed by atoms with E-state index in [1.165, 1.54) is 142 Å². The van der Waals surface area contributed by atoms with Gasteiger partial charge in [0.15, 0.2) is 0 Å². The zero-order valence-electron chi connectivity index (χ0n) is 33.0. The summed E-state index contributed by atoms with van der Waals surface area (Å²) in [7, 11) is 17.6. The van der Waals surface area contributed by atoms with Crippen LogP contribution in [0.3, 0.4) is 0 Å². The van der Waals surface area contributed by atoms with Gasteiger partial charge in [0, 0.05) is 0 Å². The van der Waals surface area contributed by atoms with E-state index in [9.17, 15) is 0 Å². The molecule has 8 rings (SSSR count). The summed E-state index contributed by atoms with van der Waals surface area (Å²) < 4.78 is 0.219. The van der Waals surface area contributed by atoms with Gasteiger partial charge in [-0.2, -0.15) is 0 Å². The molecule has 4 aliphatic rings. The van der Waals surface area contributed by atoms with Crippen LogP contribution in [0.25, 0.3) is 34.4 Å². The Kier molecular flexibility index (Phi) is 10.6. The van der Waals surface area contributed by atoms with E-state index in [4.69, 9.17) is 17.0 Å². The van der Waals surface area contributed by atoms with E-state index in [0.29, 0.717) is 11.8 Å². The van der Waals surface area contributed by atoms with Gasteiger partial charge in [-0.05, 0) is 0 Å². The van der Waals surface area contributed by atoms with Crippen LogP contribution in [-0.2, 0) is 15.6 Å². The molecule has 53 heavy (non-hydrogen) atoms. The summed E-state index contributed by atoms with van der Waals surface area (Å²) in [4.78, 5) is 0. The van der Waals surface area contributed by atoms with Gasteiger partial charge in [-0.3, -0.25) is 0 Å². The maximum atomic E-state index is 8.78. The summed E-state index contributed by atoms with van der Waals surface area (Å²) in [5, 5.41) is 0. The van der Waals surface area contributed by atoms with Crippen LogP contribution in [0, 0.1) is 13.8 Å². The predicted molar refractivity (Wildman–Crippen MR) is 233 cm³/mol. The van der Waals surface area contributed by atoms with Gasteiger partial charge in [0.2, 0.25) is 0 Å². The fourth-order valence-corrected chi connectivity index (χ4v) is 43.7. The minimum absolute atomic E-state index is 0.103. The van der Waals surface area contributed by atoms with Gasteiger partial charge in [0.25, 0.3) is 0 Å². The number of benzene rings is 4. The third-order valence-electron chi connectivity index (χ3n) is 14.3. The molecule has 4 aromatic carbocycles. The summed E-state index contributed by atoms with van der Waals surface area (Å²) in [6.45, 7) is 14.2. The van der Waals surface area contributed by atoms with Crippen molar-refractivity contribution in [2.45, 2.75) is 131 Å². The number of hydrogen-bond acceptors (Lipinski definition) is 0. The van der Waals surface area contributed by atoms with Crippen molar-refractivity contribution < 1.29 is 15.6 Å². The zero-order chi connectivity index (χ0) is 37.1. The molecule has 0 N–H and O–H groups in total. The average molecular weight is 838 g/mol. The third kappa shape index (κ3) is 6.43. The molecular weight excluding hydrogens is 779 g/mol. The molecule has 4 aliphatic carbocycles. The quantitative estimate of drug-likeness (QED) is 0.155. The molecule has 2 saturated carbocycles. The Morgan fingerprint density at radius 1 is 0.566 bits per heavy atom. The fourth-order valence-electron chi connectivity index (χ4n) is 11.3. The molecule has 0 aliphatic heterocycles. The van der Waals surface area contributed by atoms with E-state index >= 15 is 0 Å². The first-order valence-electron chi connectivity index (χ1n) is 20.9. The van der Waals surface area contributed by atoms with E-state index in [1.54, 1.807) is 0 Å². The van der Waals surface area contributed by atoms with Crippen LogP contribution in [-0.4, -0.2) is 5.92 Å². The second-order valence-electron chi connectivity index (χ2n) is 17.6. The molecule has 2 unspecified atom stereocenters. The number of aryl methyl sites for hydroxylation is 2. The molecule has 2 fully saturated rings. The summed E-state index contributed by atoms with van der Waals surface area (Å²) in [5.41, 5.74) is 19.4. The van der Waals surface area contributed by atoms with Crippen molar-refractivity contribution in [3.8, 4) is 22.3 Å². The molecule has 0 saturated heterocycles. The van der Waals surface area contributed by atoms with Gasteiger partial charge >= 0.3 is 332 Å². The molecule has 4 heteroatoms. The number of halogens is 2. The molecular formula is C49H59Cl2SiZr. The Bertz CT molecular complexity index is 2070. The van der Waals surface area contributed by atoms with Gasteiger partial charge in [-0.15, -0.1) is 0 Å². The van der Waals surface area contributed by atoms with Crippen LogP contribution in [0.15, 0.2) is 83.9 Å². The molecule has 0 nitrogen and oxygen atoms in total. The second-order valence-corrected chi connectivity index (χ2v) is 60.1. The van der Waals surface area contributed by atoms with Crippen molar-refractivity contribution >= 4 is 35.1 Å². The molecule has 277 valence electrons. The Morgan fingerprint density at radius 3 is 1.43 bits per heavy atom. The fraction of sp³-hybridized carbons (Fsp3) is 0.429. The summed E-state index contributed by atoms with van der Waals surface area (Å²) in [6.07, 6.45) is 19.5. The summed E-state index contributed by atoms with van der Waals surface area (Å²) >= 11 is -4.85. The number of fused-ring (bicyclic) bond motifs is 2. The number of rotatable bonds is 8. The average Bonchev–Trinajstić information content (AvgIpc) is 3.77. The molecule has 0 spiro atoms. The van der Waals surface area contributed by atoms with Crippen LogP contribution >= 0.6 is 17.0 Å². The van der Waals surface area contributed by atoms with E-state index in [-0.39, 0.29) is 7.25 Å². The van der Waals surface area contributed by atoms with Gasteiger partial charge < -0.3 is 0 Å². The van der Waals surface area contributed by atoms with Crippen LogP contribution in [0.2, 0.25) is 13.1 Å². The van der Waals surface area contributed by atoms with Crippen molar-refractivity contribution in [2.24, 2.45) is 0 Å². The van der Waals surface area contributed by atoms with Gasteiger partial charge in [-0.1, -0.05) is 0 Å². The molecule has 0 amide bonds. The molecule has 0 bridgehead atoms. The second kappa shape index (κ2) is 14.8. The topological polar surface area (TPSA) is 0 Å². The van der Waals surface area contributed by atoms with Crippen molar-refractivity contribution in [3.63, 3.8) is 0 Å². The number of hydrogen-bond donors (Lipinski definition) is 0. The first-order valence-corrected chi connectivity index (χ1v) is 37.3. The Morgan fingerprint density at radius 2 is 1.00 bits per heavy atom. The standard InChI is InChI=1S/C24H27.C23H25.C2H7Si.2ClH.Zr/c1-3-18-15-23-17(2)9-14-22(24(23)16-18)21-12-10-20(11-13-21)19-7-5-4-6-8-19;1-16-14-22-17(2)8-13-21(23(22)15-16)20-11-9-19(10-12-20)18-6-4-3-5-7-18;1-3-2;;;/h9-16,19H,3-8H2,1-2H3;8-15,18H,3-7H2,1-2H3;3H,1-2H3;2*1H;/q;;;;;+2/p-2. The predicted octanol–water partition coefficient (Wildman–Crippen LogP) is 15.7. The van der Waals surface area contributed by atoms with E-state index in [2.05, 4.69) is 126 Å². The third-order valence-corrected chi connectivity index (χ3v) is 66.3. The van der Waals surface area contributed by atoms with Crippen molar-refractivity contribution in [2.75, 3.05) is 0 Å². The van der Waals surface area contributed by atoms with Crippen LogP contribution in [0.5, 0.6) is 0 Å². The first kappa shape index (κ1) is 37.9. The summed E-state index contributed by atoms with van der Waals surface area (Å²) in [5.74, 6) is -0.211. The van der Waals surface area contributed by atoms with Gasteiger partial charge in [0.05, 0.1) is 0 Å². The van der Waals surface area contributed by atoms with E-state index < -0.39 is 21.5 Å². The Labute approximate surface area is 329 Å². The zero-order valence-corrected chi connectivity index (χ0v) is 38.1. The minimum atomic E-state index is -4.85. The van der Waals surface area contributed by atoms with E-state index in [1.807, 2.05) is 0 Å². The van der Waals surface area contributed by atoms with Crippen LogP contribution in [0.4, 0.5) is 0 Å². The van der Waals surface area contributed by atoms with Crippen LogP contribution < -0.4 is 0 Å². The number of allylic oxidation sites excluding steroid dienone is 2. The molecule has 0 heterocycles. The van der Waals surface area contributed by atoms with E-state index in [0.717, 1.165) is 6.42 Å². The van der Waals surface area contributed by atoms with Gasteiger partial charge in [0.1, 0.15) is 0 Å². The molecule has 0 aromatic heterocycles. The van der Waals surface area contributed by atoms with Crippen molar-refractivity contribution in [1.82, 2.24) is 0 Å². The van der Waals surface area contributed by atoms with Crippen LogP contribution in [0.1, 0.15) is 148 Å². The van der Waals surface area contributed by atoms with Gasteiger partial charge in [-0.25, -0.2) is 0 Å². The normalized spacial score (nSPS) is 21.6. The Balaban J connectivity index is 1.22. The van der Waals surface area contributed by atoms with Crippen molar-refractivity contribution in [3.05, 3.63) is 128 Å².